The maximum Gasteiger partial charge on any atom is 0.180 e. The van der Waals surface area contributed by atoms with Crippen LogP contribution in [0.4, 0.5) is 5.69 Å². The van der Waals surface area contributed by atoms with Crippen LogP contribution in [0.3, 0.4) is 0 Å². The summed E-state index contributed by atoms with van der Waals surface area (Å²) in [5, 5.41) is 0. The Morgan fingerprint density at radius 1 is 1.03 bits per heavy atom. The molecule has 0 amide bonds. The molecule has 156 valence electrons. The Morgan fingerprint density at radius 3 is 2.47 bits per heavy atom. The van der Waals surface area contributed by atoms with E-state index < -0.39 is 0 Å². The fourth-order valence-electron chi connectivity index (χ4n) is 4.15. The molecule has 0 N–H and O–H groups in total. The Hall–Kier alpha value is -2.86. The van der Waals surface area contributed by atoms with Crippen molar-refractivity contribution in [2.24, 2.45) is 0 Å². The lowest BCUT2D eigenvalue weighted by Gasteiger charge is -2.36. The summed E-state index contributed by atoms with van der Waals surface area (Å²) in [6, 6.07) is 5.97. The van der Waals surface area contributed by atoms with E-state index in [9.17, 15) is 9.59 Å². The van der Waals surface area contributed by atoms with E-state index in [2.05, 4.69) is 25.8 Å². The number of rotatable bonds is 5. The van der Waals surface area contributed by atoms with E-state index in [0.29, 0.717) is 18.5 Å². The largest absolute Gasteiger partial charge is 0.368 e. The number of anilines is 1. The normalized spacial score (nSPS) is 17.3. The molecule has 0 unspecified atom stereocenters. The highest BCUT2D eigenvalue weighted by Gasteiger charge is 2.23. The minimum Gasteiger partial charge on any atom is -0.368 e. The number of aromatic nitrogens is 2. The predicted molar refractivity (Wildman–Crippen MR) is 118 cm³/mol. The van der Waals surface area contributed by atoms with Crippen LogP contribution in [0.2, 0.25) is 0 Å². The number of piperazine rings is 1. The molecule has 1 aliphatic heterocycles. The van der Waals surface area contributed by atoms with Crippen LogP contribution in [0, 0.1) is 0 Å². The summed E-state index contributed by atoms with van der Waals surface area (Å²) in [5.74, 6) is 0.278. The van der Waals surface area contributed by atoms with Gasteiger partial charge in [-0.15, -0.1) is 0 Å². The van der Waals surface area contributed by atoms with Gasteiger partial charge in [-0.1, -0.05) is 13.0 Å². The molecule has 2 aromatic rings. The number of hydrogen-bond acceptors (Lipinski definition) is 6. The summed E-state index contributed by atoms with van der Waals surface area (Å²) in [6.45, 7) is 10.3. The van der Waals surface area contributed by atoms with Gasteiger partial charge in [-0.2, -0.15) is 0 Å². The number of fused-ring (bicyclic) bond motifs is 1. The monoisotopic (exact) mass is 404 g/mol. The minimum absolute atomic E-state index is 0.0765. The van der Waals surface area contributed by atoms with Crippen molar-refractivity contribution in [3.8, 4) is 0 Å². The Bertz CT molecular complexity index is 1000. The smallest absolute Gasteiger partial charge is 0.180 e. The fraction of sp³-hybridized carbons (Fsp3) is 0.417. The Kier molecular flexibility index (Phi) is 5.77. The Labute approximate surface area is 177 Å². The van der Waals surface area contributed by atoms with Crippen LogP contribution in [0.5, 0.6) is 0 Å². The molecule has 1 fully saturated rings. The third-order valence-corrected chi connectivity index (χ3v) is 6.21. The molecule has 2 aliphatic rings. The molecule has 6 nitrogen and oxygen atoms in total. The van der Waals surface area contributed by atoms with Gasteiger partial charge in [0.05, 0.1) is 17.6 Å². The van der Waals surface area contributed by atoms with Gasteiger partial charge in [0, 0.05) is 51.8 Å². The molecule has 2 aromatic heterocycles. The molecule has 0 spiro atoms. The van der Waals surface area contributed by atoms with Crippen LogP contribution in [-0.2, 0) is 17.8 Å². The van der Waals surface area contributed by atoms with Crippen molar-refractivity contribution in [1.29, 1.82) is 0 Å². The van der Waals surface area contributed by atoms with Crippen LogP contribution in [0.15, 0.2) is 36.2 Å². The van der Waals surface area contributed by atoms with E-state index in [1.54, 1.807) is 6.20 Å². The zero-order valence-corrected chi connectivity index (χ0v) is 17.9. The second kappa shape index (κ2) is 8.48. The van der Waals surface area contributed by atoms with Crippen molar-refractivity contribution in [3.05, 3.63) is 58.7 Å². The summed E-state index contributed by atoms with van der Waals surface area (Å²) < 4.78 is 0. The van der Waals surface area contributed by atoms with Gasteiger partial charge in [0.2, 0.25) is 0 Å². The highest BCUT2D eigenvalue weighted by Crippen LogP contribution is 2.28. The molecule has 0 bridgehead atoms. The van der Waals surface area contributed by atoms with Crippen LogP contribution < -0.4 is 4.90 Å². The van der Waals surface area contributed by atoms with Gasteiger partial charge in [0.15, 0.2) is 11.6 Å². The first-order valence-electron chi connectivity index (χ1n) is 10.6. The van der Waals surface area contributed by atoms with E-state index in [1.807, 2.05) is 39.1 Å². The zero-order valence-electron chi connectivity index (χ0n) is 17.9. The second-order valence-electron chi connectivity index (χ2n) is 8.14. The first-order chi connectivity index (χ1) is 14.5. The number of nitrogens with zero attached hydrogens (tertiary/aromatic N) is 4. The third kappa shape index (κ3) is 4.05. The minimum atomic E-state index is 0.0765. The topological polar surface area (TPSA) is 66.4 Å². The van der Waals surface area contributed by atoms with Gasteiger partial charge in [0.25, 0.3) is 0 Å². The van der Waals surface area contributed by atoms with E-state index in [0.717, 1.165) is 66.4 Å². The second-order valence-corrected chi connectivity index (χ2v) is 8.14. The van der Waals surface area contributed by atoms with Crippen molar-refractivity contribution in [2.45, 2.75) is 40.2 Å². The van der Waals surface area contributed by atoms with Gasteiger partial charge in [-0.3, -0.25) is 24.5 Å². The van der Waals surface area contributed by atoms with E-state index in [4.69, 9.17) is 0 Å². The molecule has 0 radical (unpaired) electrons. The van der Waals surface area contributed by atoms with Crippen LogP contribution >= 0.6 is 0 Å². The lowest BCUT2D eigenvalue weighted by Crippen LogP contribution is -2.46. The summed E-state index contributed by atoms with van der Waals surface area (Å²) in [5.41, 5.74) is 6.62. The summed E-state index contributed by atoms with van der Waals surface area (Å²) in [7, 11) is 0. The summed E-state index contributed by atoms with van der Waals surface area (Å²) in [6.07, 6.45) is 4.69. The van der Waals surface area contributed by atoms with Crippen LogP contribution in [0.1, 0.15) is 54.5 Å². The number of carbonyl (C=O) groups excluding carboxylic acids is 2. The lowest BCUT2D eigenvalue weighted by molar-refractivity contribution is -0.115. The fourth-order valence-corrected chi connectivity index (χ4v) is 4.15. The van der Waals surface area contributed by atoms with Crippen LogP contribution in [0.25, 0.3) is 5.57 Å². The number of allylic oxidation sites excluding steroid dienone is 2. The molecule has 3 heterocycles. The van der Waals surface area contributed by atoms with Crippen molar-refractivity contribution in [3.63, 3.8) is 0 Å². The van der Waals surface area contributed by atoms with Crippen molar-refractivity contribution >= 4 is 22.8 Å². The van der Waals surface area contributed by atoms with Gasteiger partial charge in [-0.25, -0.2) is 0 Å². The average molecular weight is 405 g/mol. The van der Waals surface area contributed by atoms with E-state index in [1.165, 1.54) is 0 Å². The van der Waals surface area contributed by atoms with Crippen molar-refractivity contribution < 1.29 is 9.59 Å². The maximum atomic E-state index is 12.2. The number of Topliss-reactive ketones (excluding diaryl/α,β-unsaturated/α-hetero) is 2. The first-order valence-corrected chi connectivity index (χ1v) is 10.6. The lowest BCUT2D eigenvalue weighted by atomic mass is 9.89. The first kappa shape index (κ1) is 20.4. The quantitative estimate of drug-likeness (QED) is 0.713. The Balaban J connectivity index is 1.37. The number of hydrogen-bond donors (Lipinski definition) is 0. The molecular formula is C24H28N4O2. The predicted octanol–water partition coefficient (Wildman–Crippen LogP) is 3.31. The molecule has 6 heteroatoms. The highest BCUT2D eigenvalue weighted by molar-refractivity contribution is 6.05. The average Bonchev–Trinajstić information content (AvgIpc) is 2.77. The van der Waals surface area contributed by atoms with Gasteiger partial charge < -0.3 is 4.90 Å². The molecule has 0 aromatic carbocycles. The Morgan fingerprint density at radius 2 is 1.80 bits per heavy atom. The third-order valence-electron chi connectivity index (χ3n) is 6.21. The number of ketones is 2. The van der Waals surface area contributed by atoms with E-state index >= 15 is 0 Å². The molecule has 30 heavy (non-hydrogen) atoms. The van der Waals surface area contributed by atoms with Gasteiger partial charge >= 0.3 is 0 Å². The molecule has 0 atom stereocenters. The summed E-state index contributed by atoms with van der Waals surface area (Å²) in [4.78, 5) is 37.7. The van der Waals surface area contributed by atoms with Crippen LogP contribution in [-0.4, -0.2) is 52.6 Å². The number of carbonyl (C=O) groups is 2. The van der Waals surface area contributed by atoms with Gasteiger partial charge in [0.1, 0.15) is 5.69 Å². The molecular weight excluding hydrogens is 376 g/mol. The van der Waals surface area contributed by atoms with Crippen molar-refractivity contribution in [1.82, 2.24) is 14.9 Å². The SMILES string of the molecule is CCC(=O)c1ccc(N2CCN(Cc3cnc4c(c3)CC(=O)C(C)=C4C)CC2)cn1. The zero-order chi connectivity index (χ0) is 21.3. The number of pyridine rings is 2. The highest BCUT2D eigenvalue weighted by atomic mass is 16.1. The molecule has 0 saturated carbocycles. The van der Waals surface area contributed by atoms with Crippen molar-refractivity contribution in [2.75, 3.05) is 31.1 Å². The molecule has 1 saturated heterocycles. The molecule has 4 rings (SSSR count). The standard InChI is InChI=1S/C24H28N4O2/c1-4-22(29)21-6-5-20(14-25-21)28-9-7-27(8-10-28)15-18-11-19-12-23(30)16(2)17(3)24(19)26-13-18/h5-6,11,13-14H,4,7-10,12,15H2,1-3H3. The molecule has 1 aliphatic carbocycles. The maximum absolute atomic E-state index is 12.2. The van der Waals surface area contributed by atoms with Gasteiger partial charge in [-0.05, 0) is 48.3 Å². The van der Waals surface area contributed by atoms with E-state index in [-0.39, 0.29) is 11.6 Å². The summed E-state index contributed by atoms with van der Waals surface area (Å²) >= 11 is 0.